The Morgan fingerprint density at radius 3 is 2.71 bits per heavy atom. The number of rotatable bonds is 5. The molecule has 1 aromatic carbocycles. The maximum atomic E-state index is 11.6. The molecule has 0 bridgehead atoms. The van der Waals surface area contributed by atoms with Gasteiger partial charge in [0.25, 0.3) is 5.56 Å². The van der Waals surface area contributed by atoms with E-state index in [-0.39, 0.29) is 18.2 Å². The first kappa shape index (κ1) is 15.3. The SMILES string of the molecule is CC(C)c1cccc(OCc2nc(C(C)N)cc(=O)[nH]2)c1. The highest BCUT2D eigenvalue weighted by Gasteiger charge is 2.07. The Kier molecular flexibility index (Phi) is 4.75. The van der Waals surface area contributed by atoms with Crippen molar-refractivity contribution in [2.24, 2.45) is 5.73 Å². The standard InChI is InChI=1S/C16H21N3O2/c1-10(2)12-5-4-6-13(7-12)21-9-15-18-14(11(3)17)8-16(20)19-15/h4-8,10-11H,9,17H2,1-3H3,(H,18,19,20). The number of nitrogens with zero attached hydrogens (tertiary/aromatic N) is 1. The molecule has 3 N–H and O–H groups in total. The Balaban J connectivity index is 2.13. The number of H-pyrrole nitrogens is 1. The summed E-state index contributed by atoms with van der Waals surface area (Å²) >= 11 is 0. The molecule has 2 rings (SSSR count). The molecule has 0 radical (unpaired) electrons. The lowest BCUT2D eigenvalue weighted by Crippen LogP contribution is -2.18. The van der Waals surface area contributed by atoms with Crippen molar-refractivity contribution >= 4 is 0 Å². The van der Waals surface area contributed by atoms with E-state index in [9.17, 15) is 4.79 Å². The van der Waals surface area contributed by atoms with Gasteiger partial charge in [-0.3, -0.25) is 4.79 Å². The summed E-state index contributed by atoms with van der Waals surface area (Å²) in [6, 6.07) is 9.04. The number of ether oxygens (including phenoxy) is 1. The summed E-state index contributed by atoms with van der Waals surface area (Å²) in [6.07, 6.45) is 0. The van der Waals surface area contributed by atoms with Gasteiger partial charge in [0, 0.05) is 12.1 Å². The van der Waals surface area contributed by atoms with Crippen molar-refractivity contribution in [3.05, 3.63) is 57.8 Å². The molecular formula is C16H21N3O2. The molecule has 0 saturated heterocycles. The van der Waals surface area contributed by atoms with Gasteiger partial charge in [-0.2, -0.15) is 0 Å². The smallest absolute Gasteiger partial charge is 0.251 e. The molecule has 1 atom stereocenters. The van der Waals surface area contributed by atoms with Crippen LogP contribution < -0.4 is 16.0 Å². The average molecular weight is 287 g/mol. The Hall–Kier alpha value is -2.14. The summed E-state index contributed by atoms with van der Waals surface area (Å²) in [7, 11) is 0. The van der Waals surface area contributed by atoms with Gasteiger partial charge in [0.05, 0.1) is 5.69 Å². The zero-order valence-electron chi connectivity index (χ0n) is 12.6. The predicted octanol–water partition coefficient (Wildman–Crippen LogP) is 2.49. The van der Waals surface area contributed by atoms with E-state index in [0.717, 1.165) is 5.75 Å². The van der Waals surface area contributed by atoms with Gasteiger partial charge in [0.2, 0.25) is 0 Å². The third-order valence-electron chi connectivity index (χ3n) is 3.18. The van der Waals surface area contributed by atoms with E-state index in [4.69, 9.17) is 10.5 Å². The van der Waals surface area contributed by atoms with Gasteiger partial charge in [0.15, 0.2) is 0 Å². The van der Waals surface area contributed by atoms with Crippen molar-refractivity contribution in [3.8, 4) is 5.75 Å². The first-order valence-electron chi connectivity index (χ1n) is 7.04. The number of aromatic amines is 1. The molecule has 0 aliphatic carbocycles. The Morgan fingerprint density at radius 1 is 1.29 bits per heavy atom. The third-order valence-corrected chi connectivity index (χ3v) is 3.18. The maximum absolute atomic E-state index is 11.6. The summed E-state index contributed by atoms with van der Waals surface area (Å²) in [5, 5.41) is 0. The molecule has 112 valence electrons. The second-order valence-corrected chi connectivity index (χ2v) is 5.42. The lowest BCUT2D eigenvalue weighted by Gasteiger charge is -2.11. The van der Waals surface area contributed by atoms with Crippen LogP contribution in [0.4, 0.5) is 0 Å². The lowest BCUT2D eigenvalue weighted by molar-refractivity contribution is 0.294. The van der Waals surface area contributed by atoms with Crippen LogP contribution in [0.15, 0.2) is 35.1 Å². The van der Waals surface area contributed by atoms with E-state index in [1.807, 2.05) is 18.2 Å². The van der Waals surface area contributed by atoms with Crippen molar-refractivity contribution in [1.29, 1.82) is 0 Å². The molecule has 0 fully saturated rings. The Morgan fingerprint density at radius 2 is 2.05 bits per heavy atom. The summed E-state index contributed by atoms with van der Waals surface area (Å²) in [5.41, 5.74) is 7.31. The van der Waals surface area contributed by atoms with Gasteiger partial charge in [0.1, 0.15) is 18.2 Å². The average Bonchev–Trinajstić information content (AvgIpc) is 2.45. The van der Waals surface area contributed by atoms with Gasteiger partial charge in [-0.05, 0) is 30.5 Å². The minimum atomic E-state index is -0.282. The quantitative estimate of drug-likeness (QED) is 0.885. The highest BCUT2D eigenvalue weighted by atomic mass is 16.5. The summed E-state index contributed by atoms with van der Waals surface area (Å²) in [4.78, 5) is 18.5. The third kappa shape index (κ3) is 4.16. The second-order valence-electron chi connectivity index (χ2n) is 5.42. The first-order valence-corrected chi connectivity index (χ1v) is 7.04. The number of benzene rings is 1. The molecule has 5 heteroatoms. The van der Waals surface area contributed by atoms with Crippen molar-refractivity contribution in [1.82, 2.24) is 9.97 Å². The van der Waals surface area contributed by atoms with Crippen molar-refractivity contribution in [3.63, 3.8) is 0 Å². The minimum Gasteiger partial charge on any atom is -0.486 e. The van der Waals surface area contributed by atoms with Crippen molar-refractivity contribution in [2.45, 2.75) is 39.3 Å². The zero-order chi connectivity index (χ0) is 15.4. The van der Waals surface area contributed by atoms with Crippen LogP contribution in [0.2, 0.25) is 0 Å². The molecule has 1 aromatic heterocycles. The number of hydrogen-bond acceptors (Lipinski definition) is 4. The largest absolute Gasteiger partial charge is 0.486 e. The number of nitrogens with one attached hydrogen (secondary N) is 1. The fourth-order valence-electron chi connectivity index (χ4n) is 1.95. The normalized spacial score (nSPS) is 12.4. The summed E-state index contributed by atoms with van der Waals surface area (Å²) in [6.45, 7) is 6.25. The van der Waals surface area contributed by atoms with Gasteiger partial charge in [-0.15, -0.1) is 0 Å². The van der Waals surface area contributed by atoms with Crippen molar-refractivity contribution in [2.75, 3.05) is 0 Å². The Labute approximate surface area is 124 Å². The molecule has 0 spiro atoms. The molecule has 1 unspecified atom stereocenters. The second kappa shape index (κ2) is 6.54. The molecule has 0 aliphatic heterocycles. The van der Waals surface area contributed by atoms with Crippen LogP contribution in [0.1, 0.15) is 49.8 Å². The minimum absolute atomic E-state index is 0.206. The predicted molar refractivity (Wildman–Crippen MR) is 82.3 cm³/mol. The van der Waals surface area contributed by atoms with E-state index < -0.39 is 0 Å². The van der Waals surface area contributed by atoms with Gasteiger partial charge in [-0.1, -0.05) is 26.0 Å². The van der Waals surface area contributed by atoms with Crippen LogP contribution in [0.25, 0.3) is 0 Å². The summed E-state index contributed by atoms with van der Waals surface area (Å²) in [5.74, 6) is 1.67. The van der Waals surface area contributed by atoms with E-state index in [1.165, 1.54) is 11.6 Å². The van der Waals surface area contributed by atoms with Crippen LogP contribution in [-0.2, 0) is 6.61 Å². The zero-order valence-corrected chi connectivity index (χ0v) is 12.6. The topological polar surface area (TPSA) is 81.0 Å². The molecular weight excluding hydrogens is 266 g/mol. The van der Waals surface area contributed by atoms with E-state index >= 15 is 0 Å². The molecule has 5 nitrogen and oxygen atoms in total. The number of hydrogen-bond donors (Lipinski definition) is 2. The molecule has 1 heterocycles. The van der Waals surface area contributed by atoms with Crippen LogP contribution in [0, 0.1) is 0 Å². The first-order chi connectivity index (χ1) is 9.95. The molecule has 21 heavy (non-hydrogen) atoms. The van der Waals surface area contributed by atoms with E-state index in [1.54, 1.807) is 6.92 Å². The van der Waals surface area contributed by atoms with Crippen LogP contribution in [0.5, 0.6) is 5.75 Å². The highest BCUT2D eigenvalue weighted by Crippen LogP contribution is 2.20. The molecule has 2 aromatic rings. The fraction of sp³-hybridized carbons (Fsp3) is 0.375. The molecule has 0 amide bonds. The van der Waals surface area contributed by atoms with Gasteiger partial charge >= 0.3 is 0 Å². The highest BCUT2D eigenvalue weighted by molar-refractivity contribution is 5.30. The van der Waals surface area contributed by atoms with Gasteiger partial charge in [-0.25, -0.2) is 4.98 Å². The van der Waals surface area contributed by atoms with Crippen LogP contribution >= 0.6 is 0 Å². The Bertz CT molecular complexity index is 663. The maximum Gasteiger partial charge on any atom is 0.251 e. The monoisotopic (exact) mass is 287 g/mol. The van der Waals surface area contributed by atoms with Crippen LogP contribution in [0.3, 0.4) is 0 Å². The fourth-order valence-corrected chi connectivity index (χ4v) is 1.95. The van der Waals surface area contributed by atoms with Gasteiger partial charge < -0.3 is 15.5 Å². The van der Waals surface area contributed by atoms with E-state index in [2.05, 4.69) is 29.9 Å². The lowest BCUT2D eigenvalue weighted by atomic mass is 10.0. The number of aromatic nitrogens is 2. The molecule has 0 saturated carbocycles. The number of nitrogens with two attached hydrogens (primary N) is 1. The van der Waals surface area contributed by atoms with Crippen molar-refractivity contribution < 1.29 is 4.74 Å². The molecule has 0 aliphatic rings. The van der Waals surface area contributed by atoms with Crippen LogP contribution in [-0.4, -0.2) is 9.97 Å². The van der Waals surface area contributed by atoms with E-state index in [0.29, 0.717) is 17.4 Å². The summed E-state index contributed by atoms with van der Waals surface area (Å²) < 4.78 is 5.70.